The topological polar surface area (TPSA) is 0 Å². The lowest BCUT2D eigenvalue weighted by atomic mass is 9.68. The Labute approximate surface area is 245 Å². The standard InChI is InChI=1S/C37H48F4/c1-3-5-6-10-24-13-17-26(18-14-24)27-19-15-25(16-20-27)11-7-8-12-29-22-31-23-30-21-28(9-4-2)34(38)36(40)32(30)33(31)37(41)35(29)39/h7,11,21-22,24-27H,3-6,8-10,12-20,23H2,1-2H3/b11-7+. The van der Waals surface area contributed by atoms with Crippen LogP contribution in [-0.2, 0) is 19.3 Å². The highest BCUT2D eigenvalue weighted by atomic mass is 19.2. The molecule has 2 saturated carbocycles. The maximum Gasteiger partial charge on any atom is 0.167 e. The van der Waals surface area contributed by atoms with Gasteiger partial charge in [0.25, 0.3) is 0 Å². The van der Waals surface area contributed by atoms with Gasteiger partial charge in [-0.05, 0) is 110 Å². The van der Waals surface area contributed by atoms with Crippen LogP contribution in [0.1, 0.15) is 126 Å². The molecule has 0 heterocycles. The molecule has 0 radical (unpaired) electrons. The van der Waals surface area contributed by atoms with Crippen LogP contribution in [0.3, 0.4) is 0 Å². The lowest BCUT2D eigenvalue weighted by Gasteiger charge is -2.37. The molecule has 2 aromatic carbocycles. The summed E-state index contributed by atoms with van der Waals surface area (Å²) >= 11 is 0. The number of hydrogen-bond donors (Lipinski definition) is 0. The van der Waals surface area contributed by atoms with Gasteiger partial charge in [-0.1, -0.05) is 83.1 Å². The van der Waals surface area contributed by atoms with Gasteiger partial charge in [0.05, 0.1) is 0 Å². The molecular weight excluding hydrogens is 520 g/mol. The highest BCUT2D eigenvalue weighted by molar-refractivity contribution is 5.79. The first kappa shape index (κ1) is 30.4. The predicted octanol–water partition coefficient (Wildman–Crippen LogP) is 11.4. The average molecular weight is 569 g/mol. The first-order valence-electron chi connectivity index (χ1n) is 16.6. The van der Waals surface area contributed by atoms with Gasteiger partial charge in [-0.15, -0.1) is 0 Å². The van der Waals surface area contributed by atoms with Crippen molar-refractivity contribution in [3.8, 4) is 11.1 Å². The summed E-state index contributed by atoms with van der Waals surface area (Å²) in [7, 11) is 0. The van der Waals surface area contributed by atoms with Crippen LogP contribution >= 0.6 is 0 Å². The van der Waals surface area contributed by atoms with E-state index in [2.05, 4.69) is 19.1 Å². The van der Waals surface area contributed by atoms with Crippen LogP contribution in [0.2, 0.25) is 0 Å². The van der Waals surface area contributed by atoms with Crippen molar-refractivity contribution in [2.24, 2.45) is 23.7 Å². The van der Waals surface area contributed by atoms with Gasteiger partial charge in [-0.25, -0.2) is 17.6 Å². The van der Waals surface area contributed by atoms with Gasteiger partial charge < -0.3 is 0 Å². The molecule has 3 aliphatic carbocycles. The average Bonchev–Trinajstić information content (AvgIpc) is 3.35. The number of fused-ring (bicyclic) bond motifs is 3. The highest BCUT2D eigenvalue weighted by Crippen LogP contribution is 2.44. The number of aryl methyl sites for hydroxylation is 2. The Balaban J connectivity index is 1.12. The Hall–Kier alpha value is -2.10. The third-order valence-corrected chi connectivity index (χ3v) is 10.5. The second kappa shape index (κ2) is 13.9. The summed E-state index contributed by atoms with van der Waals surface area (Å²) in [6.45, 7) is 4.19. The number of allylic oxidation sites excluding steroid dienone is 2. The van der Waals surface area contributed by atoms with Crippen molar-refractivity contribution in [2.75, 3.05) is 0 Å². The van der Waals surface area contributed by atoms with Gasteiger partial charge in [0.2, 0.25) is 0 Å². The minimum Gasteiger partial charge on any atom is -0.203 e. The van der Waals surface area contributed by atoms with Crippen LogP contribution in [-0.4, -0.2) is 0 Å². The molecule has 0 unspecified atom stereocenters. The number of hydrogen-bond acceptors (Lipinski definition) is 0. The van der Waals surface area contributed by atoms with Crippen LogP contribution in [0.4, 0.5) is 17.6 Å². The second-order valence-electron chi connectivity index (χ2n) is 13.2. The summed E-state index contributed by atoms with van der Waals surface area (Å²) in [5.74, 6) is -0.593. The molecule has 5 rings (SSSR count). The molecular formula is C37H48F4. The number of rotatable bonds is 11. The van der Waals surface area contributed by atoms with E-state index in [0.29, 0.717) is 60.3 Å². The van der Waals surface area contributed by atoms with Crippen LogP contribution in [0, 0.1) is 46.9 Å². The molecule has 0 saturated heterocycles. The van der Waals surface area contributed by atoms with Crippen molar-refractivity contribution in [3.05, 3.63) is 69.8 Å². The van der Waals surface area contributed by atoms with Crippen molar-refractivity contribution >= 4 is 0 Å². The zero-order valence-electron chi connectivity index (χ0n) is 25.2. The number of halogens is 4. The summed E-state index contributed by atoms with van der Waals surface area (Å²) in [5.41, 5.74) is 1.53. The molecule has 0 atom stereocenters. The largest absolute Gasteiger partial charge is 0.203 e. The Morgan fingerprint density at radius 3 is 1.78 bits per heavy atom. The molecule has 224 valence electrons. The molecule has 4 heteroatoms. The molecule has 2 aromatic rings. The minimum atomic E-state index is -1.05. The van der Waals surface area contributed by atoms with E-state index >= 15 is 8.78 Å². The Morgan fingerprint density at radius 1 is 0.659 bits per heavy atom. The normalized spacial score (nSPS) is 24.1. The van der Waals surface area contributed by atoms with E-state index in [1.54, 1.807) is 12.1 Å². The van der Waals surface area contributed by atoms with E-state index in [1.807, 2.05) is 6.92 Å². The fourth-order valence-electron chi connectivity index (χ4n) is 8.10. The van der Waals surface area contributed by atoms with Gasteiger partial charge in [0.1, 0.15) is 0 Å². The van der Waals surface area contributed by atoms with E-state index in [1.165, 1.54) is 77.0 Å². The molecule has 2 fully saturated rings. The molecule has 0 N–H and O–H groups in total. The first-order valence-corrected chi connectivity index (χ1v) is 16.6. The smallest absolute Gasteiger partial charge is 0.167 e. The monoisotopic (exact) mass is 568 g/mol. The van der Waals surface area contributed by atoms with Gasteiger partial charge in [0, 0.05) is 11.1 Å². The zero-order valence-corrected chi connectivity index (χ0v) is 25.2. The SMILES string of the molecule is CCCCCC1CCC(C2CCC(/C=C/CCc3cc4c(c(F)c3F)-c3c(cc(CCC)c(F)c3F)C4)CC2)CC1. The van der Waals surface area contributed by atoms with Crippen LogP contribution in [0.25, 0.3) is 11.1 Å². The molecule has 0 aromatic heterocycles. The van der Waals surface area contributed by atoms with Crippen molar-refractivity contribution in [1.29, 1.82) is 0 Å². The fraction of sp³-hybridized carbons (Fsp3) is 0.622. The zero-order chi connectivity index (χ0) is 28.9. The summed E-state index contributed by atoms with van der Waals surface area (Å²) in [6.07, 6.45) is 23.3. The summed E-state index contributed by atoms with van der Waals surface area (Å²) in [4.78, 5) is 0. The van der Waals surface area contributed by atoms with Crippen molar-refractivity contribution in [2.45, 2.75) is 123 Å². The van der Waals surface area contributed by atoms with E-state index < -0.39 is 23.3 Å². The third-order valence-electron chi connectivity index (χ3n) is 10.5. The minimum absolute atomic E-state index is 0.0991. The lowest BCUT2D eigenvalue weighted by molar-refractivity contribution is 0.151. The molecule has 0 aliphatic heterocycles. The van der Waals surface area contributed by atoms with Gasteiger partial charge >= 0.3 is 0 Å². The predicted molar refractivity (Wildman–Crippen MR) is 161 cm³/mol. The van der Waals surface area contributed by atoms with E-state index in [-0.39, 0.29) is 11.1 Å². The Kier molecular flexibility index (Phi) is 10.3. The van der Waals surface area contributed by atoms with E-state index in [9.17, 15) is 8.78 Å². The van der Waals surface area contributed by atoms with Crippen molar-refractivity contribution < 1.29 is 17.6 Å². The summed E-state index contributed by atoms with van der Waals surface area (Å²) in [6, 6.07) is 3.30. The number of unbranched alkanes of at least 4 members (excludes halogenated alkanes) is 2. The molecule has 41 heavy (non-hydrogen) atoms. The van der Waals surface area contributed by atoms with Crippen LogP contribution in [0.5, 0.6) is 0 Å². The fourth-order valence-corrected chi connectivity index (χ4v) is 8.10. The molecule has 3 aliphatic rings. The second-order valence-corrected chi connectivity index (χ2v) is 13.2. The highest BCUT2D eigenvalue weighted by Gasteiger charge is 2.32. The maximum absolute atomic E-state index is 15.2. The summed E-state index contributed by atoms with van der Waals surface area (Å²) < 4.78 is 59.8. The quantitative estimate of drug-likeness (QED) is 0.123. The molecule has 0 spiro atoms. The van der Waals surface area contributed by atoms with Crippen LogP contribution in [0.15, 0.2) is 24.3 Å². The van der Waals surface area contributed by atoms with Crippen LogP contribution < -0.4 is 0 Å². The summed E-state index contributed by atoms with van der Waals surface area (Å²) in [5, 5.41) is 0. The van der Waals surface area contributed by atoms with Crippen molar-refractivity contribution in [3.63, 3.8) is 0 Å². The van der Waals surface area contributed by atoms with Gasteiger partial charge in [-0.3, -0.25) is 0 Å². The number of benzene rings is 2. The maximum atomic E-state index is 15.2. The molecule has 0 bridgehead atoms. The third kappa shape index (κ3) is 6.78. The Morgan fingerprint density at radius 2 is 1.22 bits per heavy atom. The first-order chi connectivity index (χ1) is 19.9. The van der Waals surface area contributed by atoms with Crippen molar-refractivity contribution in [1.82, 2.24) is 0 Å². The molecule has 0 amide bonds. The Bertz CT molecular complexity index is 1210. The van der Waals surface area contributed by atoms with Gasteiger partial charge in [-0.2, -0.15) is 0 Å². The van der Waals surface area contributed by atoms with Gasteiger partial charge in [0.15, 0.2) is 23.3 Å². The lowest BCUT2D eigenvalue weighted by Crippen LogP contribution is -2.25. The molecule has 0 nitrogen and oxygen atoms in total. The van der Waals surface area contributed by atoms with E-state index in [4.69, 9.17) is 0 Å². The van der Waals surface area contributed by atoms with E-state index in [0.717, 1.165) is 17.8 Å².